The predicted molar refractivity (Wildman–Crippen MR) is 137 cm³/mol. The molecule has 35 heavy (non-hydrogen) atoms. The van der Waals surface area contributed by atoms with Crippen molar-refractivity contribution in [2.45, 2.75) is 18.5 Å². The zero-order valence-electron chi connectivity index (χ0n) is 19.6. The highest BCUT2D eigenvalue weighted by Gasteiger charge is 2.17. The summed E-state index contributed by atoms with van der Waals surface area (Å²) in [5.41, 5.74) is 3.18. The van der Waals surface area contributed by atoms with Crippen LogP contribution in [0.4, 0.5) is 0 Å². The Kier molecular flexibility index (Phi) is 7.95. The van der Waals surface area contributed by atoms with Crippen LogP contribution in [0.1, 0.15) is 32.1 Å². The van der Waals surface area contributed by atoms with Gasteiger partial charge >= 0.3 is 0 Å². The van der Waals surface area contributed by atoms with Crippen LogP contribution in [0.2, 0.25) is 0 Å². The van der Waals surface area contributed by atoms with Crippen molar-refractivity contribution in [3.05, 3.63) is 101 Å². The number of amides is 1. The Bertz CT molecular complexity index is 1300. The molecular weight excluding hydrogens is 460 g/mol. The molecule has 4 rings (SSSR count). The lowest BCUT2D eigenvalue weighted by atomic mass is 10.1. The zero-order valence-corrected chi connectivity index (χ0v) is 20.4. The van der Waals surface area contributed by atoms with Gasteiger partial charge in [0.25, 0.3) is 5.91 Å². The number of para-hydroxylation sites is 1. The Labute approximate surface area is 208 Å². The summed E-state index contributed by atoms with van der Waals surface area (Å²) in [5.74, 6) is 1.50. The van der Waals surface area contributed by atoms with Gasteiger partial charge in [-0.3, -0.25) is 14.2 Å². The third-order valence-corrected chi connectivity index (χ3v) is 6.30. The van der Waals surface area contributed by atoms with Crippen molar-refractivity contribution < 1.29 is 14.3 Å². The molecule has 1 heterocycles. The van der Waals surface area contributed by atoms with E-state index < -0.39 is 0 Å². The second kappa shape index (κ2) is 11.5. The minimum absolute atomic E-state index is 0.00719. The number of rotatable bonds is 10. The van der Waals surface area contributed by atoms with Gasteiger partial charge in [0, 0.05) is 29.8 Å². The lowest BCUT2D eigenvalue weighted by Crippen LogP contribution is -2.26. The summed E-state index contributed by atoms with van der Waals surface area (Å²) >= 11 is 1.34. The first-order chi connectivity index (χ1) is 17.0. The van der Waals surface area contributed by atoms with Crippen LogP contribution >= 0.6 is 11.8 Å². The van der Waals surface area contributed by atoms with Gasteiger partial charge in [-0.2, -0.15) is 0 Å². The monoisotopic (exact) mass is 486 g/mol. The molecule has 0 aliphatic rings. The van der Waals surface area contributed by atoms with Gasteiger partial charge in [-0.05, 0) is 55.5 Å². The third kappa shape index (κ3) is 6.16. The highest BCUT2D eigenvalue weighted by molar-refractivity contribution is 7.99. The van der Waals surface area contributed by atoms with E-state index in [1.54, 1.807) is 37.4 Å². The molecule has 4 aromatic rings. The van der Waals surface area contributed by atoms with E-state index in [4.69, 9.17) is 4.74 Å². The number of thioether (sulfide) groups is 1. The number of nitrogens with zero attached hydrogens (tertiary/aromatic N) is 3. The maximum atomic E-state index is 12.7. The molecule has 0 atom stereocenters. The number of benzene rings is 3. The van der Waals surface area contributed by atoms with Crippen LogP contribution in [0.5, 0.6) is 5.75 Å². The van der Waals surface area contributed by atoms with Gasteiger partial charge in [-0.1, -0.05) is 47.7 Å². The molecule has 0 saturated heterocycles. The zero-order chi connectivity index (χ0) is 24.6. The summed E-state index contributed by atoms with van der Waals surface area (Å²) in [6, 6.07) is 24.3. The van der Waals surface area contributed by atoms with E-state index in [0.717, 1.165) is 11.3 Å². The summed E-state index contributed by atoms with van der Waals surface area (Å²) < 4.78 is 7.09. The van der Waals surface area contributed by atoms with Crippen molar-refractivity contribution >= 4 is 23.5 Å². The smallest absolute Gasteiger partial charge is 0.251 e. The lowest BCUT2D eigenvalue weighted by Gasteiger charge is -2.11. The maximum Gasteiger partial charge on any atom is 0.251 e. The number of nitrogens with one attached hydrogen (secondary N) is 1. The van der Waals surface area contributed by atoms with Gasteiger partial charge < -0.3 is 10.1 Å². The fraction of sp³-hybridized carbons (Fsp3) is 0.185. The minimum Gasteiger partial charge on any atom is -0.497 e. The van der Waals surface area contributed by atoms with Crippen molar-refractivity contribution in [1.29, 1.82) is 0 Å². The fourth-order valence-electron chi connectivity index (χ4n) is 3.56. The van der Waals surface area contributed by atoms with Crippen LogP contribution in [0.25, 0.3) is 5.69 Å². The van der Waals surface area contributed by atoms with E-state index in [9.17, 15) is 9.59 Å². The number of ketones is 1. The highest BCUT2D eigenvalue weighted by atomic mass is 32.2. The molecule has 1 aromatic heterocycles. The molecule has 8 heteroatoms. The van der Waals surface area contributed by atoms with Crippen molar-refractivity contribution in [1.82, 2.24) is 20.1 Å². The van der Waals surface area contributed by atoms with Gasteiger partial charge in [0.05, 0.1) is 12.9 Å². The predicted octanol–water partition coefficient (Wildman–Crippen LogP) is 4.53. The Balaban J connectivity index is 1.45. The largest absolute Gasteiger partial charge is 0.497 e. The van der Waals surface area contributed by atoms with Crippen LogP contribution in [-0.4, -0.2) is 45.9 Å². The summed E-state index contributed by atoms with van der Waals surface area (Å²) in [7, 11) is 1.59. The van der Waals surface area contributed by atoms with Crippen LogP contribution in [-0.2, 0) is 6.42 Å². The number of aromatic nitrogens is 3. The second-order valence-electron chi connectivity index (χ2n) is 7.89. The van der Waals surface area contributed by atoms with Gasteiger partial charge in [0.1, 0.15) is 11.6 Å². The first kappa shape index (κ1) is 24.2. The third-order valence-electron chi connectivity index (χ3n) is 5.37. The second-order valence-corrected chi connectivity index (χ2v) is 8.83. The molecule has 0 fully saturated rings. The van der Waals surface area contributed by atoms with E-state index >= 15 is 0 Å². The Morgan fingerprint density at radius 3 is 2.43 bits per heavy atom. The van der Waals surface area contributed by atoms with E-state index in [0.29, 0.717) is 40.8 Å². The molecule has 0 radical (unpaired) electrons. The average Bonchev–Trinajstić information content (AvgIpc) is 3.30. The lowest BCUT2D eigenvalue weighted by molar-refractivity contribution is 0.0952. The van der Waals surface area contributed by atoms with E-state index in [1.807, 2.05) is 60.0 Å². The standard InChI is InChI=1S/C27H26N4O3S/c1-19-7-6-8-21(17-19)26(33)28-16-15-25-29-30-27(31(25)22-9-4-3-5-10-22)35-18-24(32)20-11-13-23(34-2)14-12-20/h3-14,17H,15-16,18H2,1-2H3,(H,28,33). The van der Waals surface area contributed by atoms with Gasteiger partial charge in [0.2, 0.25) is 0 Å². The molecule has 0 aliphatic carbocycles. The molecule has 1 amide bonds. The van der Waals surface area contributed by atoms with Crippen LogP contribution in [0.15, 0.2) is 84.0 Å². The average molecular weight is 487 g/mol. The first-order valence-corrected chi connectivity index (χ1v) is 12.2. The van der Waals surface area contributed by atoms with E-state index in [-0.39, 0.29) is 17.4 Å². The van der Waals surface area contributed by atoms with Crippen molar-refractivity contribution in [2.75, 3.05) is 19.4 Å². The van der Waals surface area contributed by atoms with Crippen LogP contribution in [0.3, 0.4) is 0 Å². The van der Waals surface area contributed by atoms with E-state index in [2.05, 4.69) is 15.5 Å². The molecule has 7 nitrogen and oxygen atoms in total. The minimum atomic E-state index is -0.126. The Hall–Kier alpha value is -3.91. The molecule has 3 aromatic carbocycles. The number of aryl methyl sites for hydroxylation is 1. The Morgan fingerprint density at radius 2 is 1.71 bits per heavy atom. The van der Waals surface area contributed by atoms with Crippen LogP contribution in [0, 0.1) is 6.92 Å². The molecular formula is C27H26N4O3S. The fourth-order valence-corrected chi connectivity index (χ4v) is 4.42. The van der Waals surface area contributed by atoms with Crippen molar-refractivity contribution in [2.24, 2.45) is 0 Å². The number of methoxy groups -OCH3 is 1. The summed E-state index contributed by atoms with van der Waals surface area (Å²) in [6.45, 7) is 2.37. The molecule has 178 valence electrons. The quantitative estimate of drug-likeness (QED) is 0.262. The number of Topliss-reactive ketones (excluding diaryl/α,β-unsaturated/α-hetero) is 1. The van der Waals surface area contributed by atoms with Crippen LogP contribution < -0.4 is 10.1 Å². The molecule has 0 bridgehead atoms. The van der Waals surface area contributed by atoms with Gasteiger partial charge in [0.15, 0.2) is 10.9 Å². The van der Waals surface area contributed by atoms with Crippen molar-refractivity contribution in [3.8, 4) is 11.4 Å². The molecule has 0 unspecified atom stereocenters. The number of hydrogen-bond donors (Lipinski definition) is 1. The highest BCUT2D eigenvalue weighted by Crippen LogP contribution is 2.23. The topological polar surface area (TPSA) is 86.1 Å². The van der Waals surface area contributed by atoms with Gasteiger partial charge in [-0.25, -0.2) is 0 Å². The number of carbonyl (C=O) groups is 2. The summed E-state index contributed by atoms with van der Waals surface area (Å²) in [6.07, 6.45) is 0.492. The molecule has 0 aliphatic heterocycles. The number of ether oxygens (including phenoxy) is 1. The molecule has 0 spiro atoms. The van der Waals surface area contributed by atoms with E-state index in [1.165, 1.54) is 11.8 Å². The first-order valence-electron chi connectivity index (χ1n) is 11.2. The normalized spacial score (nSPS) is 10.7. The molecule has 0 saturated carbocycles. The summed E-state index contributed by atoms with van der Waals surface area (Å²) in [5, 5.41) is 12.3. The number of hydrogen-bond acceptors (Lipinski definition) is 6. The SMILES string of the molecule is COc1ccc(C(=O)CSc2nnc(CCNC(=O)c3cccc(C)c3)n2-c2ccccc2)cc1. The number of carbonyl (C=O) groups excluding carboxylic acids is 2. The van der Waals surface area contributed by atoms with Gasteiger partial charge in [-0.15, -0.1) is 10.2 Å². The van der Waals surface area contributed by atoms with Crippen molar-refractivity contribution in [3.63, 3.8) is 0 Å². The maximum absolute atomic E-state index is 12.7. The Morgan fingerprint density at radius 1 is 0.943 bits per heavy atom. The summed E-state index contributed by atoms with van der Waals surface area (Å²) in [4.78, 5) is 25.2. The molecule has 1 N–H and O–H groups in total.